The number of fused-ring (bicyclic) bond motifs is 3. The molecule has 0 bridgehead atoms. The summed E-state index contributed by atoms with van der Waals surface area (Å²) in [4.78, 5) is 13.6. The molecule has 1 aromatic heterocycles. The molecule has 2 unspecified atom stereocenters. The van der Waals surface area contributed by atoms with E-state index < -0.39 is 0 Å². The zero-order valence-corrected chi connectivity index (χ0v) is 21.5. The number of nitrogens with zero attached hydrogens (tertiary/aromatic N) is 2. The highest BCUT2D eigenvalue weighted by atomic mass is 35.5. The Hall–Kier alpha value is -2.24. The van der Waals surface area contributed by atoms with E-state index >= 15 is 0 Å². The first-order chi connectivity index (χ1) is 16.2. The Morgan fingerprint density at radius 1 is 1.26 bits per heavy atom. The van der Waals surface area contributed by atoms with Gasteiger partial charge in [0.25, 0.3) is 5.91 Å². The summed E-state index contributed by atoms with van der Waals surface area (Å²) in [6.07, 6.45) is 9.45. The number of allylic oxidation sites excluding steroid dienone is 2. The van der Waals surface area contributed by atoms with E-state index in [1.165, 1.54) is 6.42 Å². The van der Waals surface area contributed by atoms with Gasteiger partial charge in [-0.1, -0.05) is 68.1 Å². The maximum atomic E-state index is 13.6. The Kier molecular flexibility index (Phi) is 6.28. The summed E-state index contributed by atoms with van der Waals surface area (Å²) in [6, 6.07) is 5.43. The van der Waals surface area contributed by atoms with E-state index in [4.69, 9.17) is 33.0 Å². The van der Waals surface area contributed by atoms with Gasteiger partial charge < -0.3 is 10.1 Å². The van der Waals surface area contributed by atoms with Gasteiger partial charge in [-0.15, -0.1) is 0 Å². The molecule has 180 valence electrons. The van der Waals surface area contributed by atoms with Crippen LogP contribution in [0, 0.1) is 17.8 Å². The second-order valence-corrected chi connectivity index (χ2v) is 11.2. The first-order valence-electron chi connectivity index (χ1n) is 12.2. The number of ether oxygens (including phenoxy) is 1. The van der Waals surface area contributed by atoms with Crippen molar-refractivity contribution in [1.29, 1.82) is 0 Å². The number of halogens is 2. The standard InChI is InChI=1S/C27H31Cl2N3O2/c1-14(2)18-8-5-15(3)11-21(18)30-27(33)24-26-25(19-9-6-16(4)12-23(19)34-26)32(31-24)22-10-7-17(28)13-20(22)29/h6-7,9-10,12-15,18-19,21,23H,5,8,11H2,1-4H3,(H,30,33)/t15-,18+,19?,21-,23?/m0/s1. The summed E-state index contributed by atoms with van der Waals surface area (Å²) >= 11 is 12.7. The van der Waals surface area contributed by atoms with Crippen LogP contribution in [0.5, 0.6) is 5.75 Å². The molecule has 1 N–H and O–H groups in total. The van der Waals surface area contributed by atoms with Crippen LogP contribution in [0.1, 0.15) is 69.1 Å². The Morgan fingerprint density at radius 2 is 2.06 bits per heavy atom. The van der Waals surface area contributed by atoms with Crippen molar-refractivity contribution >= 4 is 29.1 Å². The van der Waals surface area contributed by atoms with Gasteiger partial charge in [-0.3, -0.25) is 4.79 Å². The summed E-state index contributed by atoms with van der Waals surface area (Å²) in [5.74, 6) is 1.86. The lowest BCUT2D eigenvalue weighted by molar-refractivity contribution is 0.0857. The van der Waals surface area contributed by atoms with E-state index in [1.807, 2.05) is 13.0 Å². The van der Waals surface area contributed by atoms with Crippen LogP contribution in [0.3, 0.4) is 0 Å². The summed E-state index contributed by atoms with van der Waals surface area (Å²) in [7, 11) is 0. The molecular weight excluding hydrogens is 469 g/mol. The van der Waals surface area contributed by atoms with Crippen molar-refractivity contribution in [3.05, 3.63) is 63.4 Å². The molecule has 1 amide bonds. The number of amides is 1. The fourth-order valence-electron chi connectivity index (χ4n) is 5.69. The Labute approximate surface area is 211 Å². The van der Waals surface area contributed by atoms with Crippen molar-refractivity contribution in [3.8, 4) is 11.4 Å². The van der Waals surface area contributed by atoms with Crippen LogP contribution >= 0.6 is 23.2 Å². The van der Waals surface area contributed by atoms with E-state index in [2.05, 4.69) is 44.3 Å². The van der Waals surface area contributed by atoms with Gasteiger partial charge in [-0.2, -0.15) is 5.10 Å². The van der Waals surface area contributed by atoms with E-state index in [9.17, 15) is 4.79 Å². The lowest BCUT2D eigenvalue weighted by atomic mass is 9.74. The number of hydrogen-bond donors (Lipinski definition) is 1. The average Bonchev–Trinajstić information content (AvgIpc) is 3.30. The molecule has 2 aliphatic carbocycles. The monoisotopic (exact) mass is 499 g/mol. The normalized spacial score (nSPS) is 27.7. The Morgan fingerprint density at radius 3 is 2.79 bits per heavy atom. The molecule has 7 heteroatoms. The SMILES string of the molecule is CC1=CC2Oc3c(C(=O)N[C@H]4C[C@@H](C)CC[C@@H]4C(C)C)nn(-c4ccc(Cl)cc4Cl)c3C2C=C1. The quantitative estimate of drug-likeness (QED) is 0.507. The molecule has 1 fully saturated rings. The molecule has 1 aliphatic heterocycles. The fourth-order valence-corrected chi connectivity index (χ4v) is 6.18. The number of nitrogens with one attached hydrogen (secondary N) is 1. The van der Waals surface area contributed by atoms with Crippen LogP contribution in [-0.2, 0) is 0 Å². The maximum absolute atomic E-state index is 13.6. The fraction of sp³-hybridized carbons (Fsp3) is 0.481. The van der Waals surface area contributed by atoms with Crippen molar-refractivity contribution in [1.82, 2.24) is 15.1 Å². The molecule has 5 rings (SSSR count). The average molecular weight is 500 g/mol. The van der Waals surface area contributed by atoms with Gasteiger partial charge in [0, 0.05) is 11.1 Å². The zero-order chi connectivity index (χ0) is 24.1. The van der Waals surface area contributed by atoms with Gasteiger partial charge in [0.05, 0.1) is 22.3 Å². The minimum absolute atomic E-state index is 0.0439. The van der Waals surface area contributed by atoms with Crippen LogP contribution in [-0.4, -0.2) is 27.8 Å². The first-order valence-corrected chi connectivity index (χ1v) is 12.9. The van der Waals surface area contributed by atoms with E-state index in [1.54, 1.807) is 16.8 Å². The van der Waals surface area contributed by atoms with E-state index in [-0.39, 0.29) is 24.0 Å². The molecular formula is C27H31Cl2N3O2. The summed E-state index contributed by atoms with van der Waals surface area (Å²) in [5.41, 5.74) is 2.97. The predicted octanol–water partition coefficient (Wildman–Crippen LogP) is 6.73. The molecule has 34 heavy (non-hydrogen) atoms. The van der Waals surface area contributed by atoms with Gasteiger partial charge in [0.15, 0.2) is 11.4 Å². The molecule has 5 atom stereocenters. The zero-order valence-electron chi connectivity index (χ0n) is 20.0. The topological polar surface area (TPSA) is 56.1 Å². The van der Waals surface area contributed by atoms with Crippen molar-refractivity contribution in [2.75, 3.05) is 0 Å². The summed E-state index contributed by atoms with van der Waals surface area (Å²) in [5, 5.41) is 9.10. The highest BCUT2D eigenvalue weighted by molar-refractivity contribution is 6.35. The van der Waals surface area contributed by atoms with Crippen molar-refractivity contribution < 1.29 is 9.53 Å². The molecule has 0 spiro atoms. The number of hydrogen-bond acceptors (Lipinski definition) is 3. The third-order valence-electron chi connectivity index (χ3n) is 7.48. The van der Waals surface area contributed by atoms with Crippen molar-refractivity contribution in [3.63, 3.8) is 0 Å². The van der Waals surface area contributed by atoms with Gasteiger partial charge in [-0.05, 0) is 61.8 Å². The molecule has 1 aromatic carbocycles. The van der Waals surface area contributed by atoms with E-state index in [0.29, 0.717) is 44.9 Å². The van der Waals surface area contributed by atoms with Crippen LogP contribution < -0.4 is 10.1 Å². The Balaban J connectivity index is 1.55. The number of benzene rings is 1. The molecule has 0 saturated heterocycles. The molecule has 2 aromatic rings. The van der Waals surface area contributed by atoms with Crippen molar-refractivity contribution in [2.24, 2.45) is 17.8 Å². The second-order valence-electron chi connectivity index (χ2n) is 10.4. The van der Waals surface area contributed by atoms with Gasteiger partial charge >= 0.3 is 0 Å². The van der Waals surface area contributed by atoms with Crippen LogP contribution in [0.25, 0.3) is 5.69 Å². The summed E-state index contributed by atoms with van der Waals surface area (Å²) < 4.78 is 8.10. The number of carbonyl (C=O) groups excluding carboxylic acids is 1. The lowest BCUT2D eigenvalue weighted by Gasteiger charge is -2.37. The molecule has 1 saturated carbocycles. The number of aromatic nitrogens is 2. The second kappa shape index (κ2) is 9.09. The smallest absolute Gasteiger partial charge is 0.275 e. The van der Waals surface area contributed by atoms with Crippen LogP contribution in [0.2, 0.25) is 10.0 Å². The van der Waals surface area contributed by atoms with Gasteiger partial charge in [0.2, 0.25) is 0 Å². The van der Waals surface area contributed by atoms with Crippen molar-refractivity contribution in [2.45, 2.75) is 65.0 Å². The van der Waals surface area contributed by atoms with Gasteiger partial charge in [-0.25, -0.2) is 4.68 Å². The van der Waals surface area contributed by atoms with Crippen LogP contribution in [0.4, 0.5) is 0 Å². The molecule has 2 heterocycles. The first kappa shape index (κ1) is 23.5. The van der Waals surface area contributed by atoms with Crippen LogP contribution in [0.15, 0.2) is 42.0 Å². The Bertz CT molecular complexity index is 1180. The van der Waals surface area contributed by atoms with Gasteiger partial charge in [0.1, 0.15) is 6.10 Å². The molecule has 5 nitrogen and oxygen atoms in total. The minimum Gasteiger partial charge on any atom is -0.481 e. The van der Waals surface area contributed by atoms with E-state index in [0.717, 1.165) is 24.1 Å². The third kappa shape index (κ3) is 4.18. The third-order valence-corrected chi connectivity index (χ3v) is 8.02. The predicted molar refractivity (Wildman–Crippen MR) is 136 cm³/mol. The largest absolute Gasteiger partial charge is 0.481 e. The maximum Gasteiger partial charge on any atom is 0.275 e. The molecule has 0 radical (unpaired) electrons. The number of rotatable bonds is 4. The molecule has 3 aliphatic rings. The number of carbonyl (C=O) groups is 1. The highest BCUT2D eigenvalue weighted by Gasteiger charge is 2.42. The summed E-state index contributed by atoms with van der Waals surface area (Å²) in [6.45, 7) is 8.79. The minimum atomic E-state index is -0.187. The highest BCUT2D eigenvalue weighted by Crippen LogP contribution is 2.46. The lowest BCUT2D eigenvalue weighted by Crippen LogP contribution is -2.45.